The van der Waals surface area contributed by atoms with Crippen molar-refractivity contribution in [1.82, 2.24) is 10.6 Å². The first-order chi connectivity index (χ1) is 10.2. The second-order valence-electron chi connectivity index (χ2n) is 5.23. The number of aliphatic imine (C=N–C) groups is 1. The van der Waals surface area contributed by atoms with Gasteiger partial charge in [-0.3, -0.25) is 14.6 Å². The van der Waals surface area contributed by atoms with E-state index in [1.807, 2.05) is 30.3 Å². The van der Waals surface area contributed by atoms with Crippen LogP contribution in [0.4, 0.5) is 0 Å². The molecule has 1 unspecified atom stereocenters. The summed E-state index contributed by atoms with van der Waals surface area (Å²) in [5, 5.41) is 5.90. The van der Waals surface area contributed by atoms with Crippen LogP contribution in [-0.2, 0) is 16.1 Å². The first-order valence-electron chi connectivity index (χ1n) is 7.06. The SMILES string of the molecule is O=C(CC1SC(=NC2CC2)NC1=O)NCc1ccccc1. The number of nitrogens with zero attached hydrogens (tertiary/aromatic N) is 1. The van der Waals surface area contributed by atoms with Gasteiger partial charge in [-0.25, -0.2) is 0 Å². The molecule has 6 heteroatoms. The van der Waals surface area contributed by atoms with E-state index in [1.165, 1.54) is 11.8 Å². The predicted octanol–water partition coefficient (Wildman–Crippen LogP) is 1.44. The van der Waals surface area contributed by atoms with E-state index in [1.54, 1.807) is 0 Å². The van der Waals surface area contributed by atoms with Gasteiger partial charge in [0.2, 0.25) is 11.8 Å². The molecule has 1 heterocycles. The Labute approximate surface area is 127 Å². The number of carbonyl (C=O) groups is 2. The van der Waals surface area contributed by atoms with E-state index < -0.39 is 0 Å². The van der Waals surface area contributed by atoms with E-state index in [4.69, 9.17) is 0 Å². The zero-order chi connectivity index (χ0) is 14.7. The molecule has 21 heavy (non-hydrogen) atoms. The van der Waals surface area contributed by atoms with Crippen molar-refractivity contribution in [2.45, 2.75) is 37.1 Å². The molecule has 1 aliphatic carbocycles. The van der Waals surface area contributed by atoms with Crippen molar-refractivity contribution in [3.8, 4) is 0 Å². The Hall–Kier alpha value is -1.82. The van der Waals surface area contributed by atoms with Gasteiger partial charge in [-0.05, 0) is 18.4 Å². The molecular weight excluding hydrogens is 286 g/mol. The van der Waals surface area contributed by atoms with Crippen LogP contribution >= 0.6 is 11.8 Å². The number of benzene rings is 1. The van der Waals surface area contributed by atoms with Gasteiger partial charge < -0.3 is 10.6 Å². The molecule has 2 amide bonds. The van der Waals surface area contributed by atoms with Gasteiger partial charge in [0.05, 0.1) is 6.04 Å². The highest BCUT2D eigenvalue weighted by molar-refractivity contribution is 8.15. The Morgan fingerprint density at radius 1 is 1.33 bits per heavy atom. The largest absolute Gasteiger partial charge is 0.352 e. The summed E-state index contributed by atoms with van der Waals surface area (Å²) in [7, 11) is 0. The van der Waals surface area contributed by atoms with Gasteiger partial charge in [-0.1, -0.05) is 42.1 Å². The zero-order valence-electron chi connectivity index (χ0n) is 11.5. The number of hydrogen-bond donors (Lipinski definition) is 2. The van der Waals surface area contributed by atoms with E-state index in [0.717, 1.165) is 18.4 Å². The summed E-state index contributed by atoms with van der Waals surface area (Å²) in [6.07, 6.45) is 2.39. The lowest BCUT2D eigenvalue weighted by atomic mass is 10.2. The molecular formula is C15H17N3O2S. The van der Waals surface area contributed by atoms with Crippen molar-refractivity contribution in [3.63, 3.8) is 0 Å². The minimum absolute atomic E-state index is 0.112. The lowest BCUT2D eigenvalue weighted by Crippen LogP contribution is -2.31. The molecule has 110 valence electrons. The fourth-order valence-corrected chi connectivity index (χ4v) is 3.05. The smallest absolute Gasteiger partial charge is 0.240 e. The molecule has 1 aliphatic heterocycles. The third-order valence-electron chi connectivity index (χ3n) is 3.33. The van der Waals surface area contributed by atoms with E-state index >= 15 is 0 Å². The molecule has 5 nitrogen and oxygen atoms in total. The molecule has 0 spiro atoms. The zero-order valence-corrected chi connectivity index (χ0v) is 12.4. The standard InChI is InChI=1S/C15H17N3O2S/c19-13(16-9-10-4-2-1-3-5-10)8-12-14(20)18-15(21-12)17-11-6-7-11/h1-5,11-12H,6-9H2,(H,16,19)(H,17,18,20). The molecule has 2 fully saturated rings. The Morgan fingerprint density at radius 3 is 2.81 bits per heavy atom. The second-order valence-corrected chi connectivity index (χ2v) is 6.42. The highest BCUT2D eigenvalue weighted by atomic mass is 32.2. The average Bonchev–Trinajstić information content (AvgIpc) is 3.22. The summed E-state index contributed by atoms with van der Waals surface area (Å²) in [5.74, 6) is -0.228. The quantitative estimate of drug-likeness (QED) is 0.865. The number of hydrogen-bond acceptors (Lipinski definition) is 4. The van der Waals surface area contributed by atoms with Gasteiger partial charge in [-0.2, -0.15) is 0 Å². The summed E-state index contributed by atoms with van der Waals surface area (Å²) in [5.41, 5.74) is 1.05. The molecule has 3 rings (SSSR count). The maximum atomic E-state index is 11.9. The summed E-state index contributed by atoms with van der Waals surface area (Å²) in [6, 6.07) is 10.1. The fraction of sp³-hybridized carbons (Fsp3) is 0.400. The van der Waals surface area contributed by atoms with Crippen molar-refractivity contribution >= 4 is 28.7 Å². The van der Waals surface area contributed by atoms with Crippen LogP contribution in [0.5, 0.6) is 0 Å². The summed E-state index contributed by atoms with van der Waals surface area (Å²) in [6.45, 7) is 0.488. The van der Waals surface area contributed by atoms with Gasteiger partial charge in [0.25, 0.3) is 0 Å². The fourth-order valence-electron chi connectivity index (χ4n) is 2.01. The number of amidine groups is 1. The highest BCUT2D eigenvalue weighted by Crippen LogP contribution is 2.28. The van der Waals surface area contributed by atoms with Gasteiger partial charge in [-0.15, -0.1) is 0 Å². The first-order valence-corrected chi connectivity index (χ1v) is 7.94. The number of nitrogens with one attached hydrogen (secondary N) is 2. The Bertz CT molecular complexity index is 570. The van der Waals surface area contributed by atoms with E-state index in [9.17, 15) is 9.59 Å². The Balaban J connectivity index is 1.47. The second kappa shape index (κ2) is 6.30. The predicted molar refractivity (Wildman–Crippen MR) is 82.9 cm³/mol. The normalized spacial score (nSPS) is 23.1. The number of carbonyl (C=O) groups excluding carboxylic acids is 2. The molecule has 2 N–H and O–H groups in total. The minimum atomic E-state index is -0.363. The lowest BCUT2D eigenvalue weighted by molar-refractivity contribution is -0.125. The monoisotopic (exact) mass is 303 g/mol. The van der Waals surface area contributed by atoms with Gasteiger partial charge in [0.15, 0.2) is 5.17 Å². The molecule has 2 aliphatic rings. The molecule has 1 saturated heterocycles. The van der Waals surface area contributed by atoms with Crippen molar-refractivity contribution in [2.75, 3.05) is 0 Å². The summed E-state index contributed by atoms with van der Waals surface area (Å²) in [4.78, 5) is 28.1. The number of rotatable bonds is 5. The molecule has 1 atom stereocenters. The van der Waals surface area contributed by atoms with Gasteiger partial charge in [0, 0.05) is 13.0 Å². The van der Waals surface area contributed by atoms with Gasteiger partial charge in [0.1, 0.15) is 5.25 Å². The molecule has 0 aromatic heterocycles. The van der Waals surface area contributed by atoms with E-state index in [0.29, 0.717) is 17.8 Å². The summed E-state index contributed by atoms with van der Waals surface area (Å²) < 4.78 is 0. The lowest BCUT2D eigenvalue weighted by Gasteiger charge is -2.07. The van der Waals surface area contributed by atoms with Crippen LogP contribution in [0.25, 0.3) is 0 Å². The van der Waals surface area contributed by atoms with Crippen LogP contribution < -0.4 is 10.6 Å². The Kier molecular flexibility index (Phi) is 4.24. The molecule has 1 saturated carbocycles. The van der Waals surface area contributed by atoms with Gasteiger partial charge >= 0.3 is 0 Å². The van der Waals surface area contributed by atoms with Crippen LogP contribution in [0.15, 0.2) is 35.3 Å². The number of thioether (sulfide) groups is 1. The molecule has 0 radical (unpaired) electrons. The third-order valence-corrected chi connectivity index (χ3v) is 4.42. The van der Waals surface area contributed by atoms with Crippen LogP contribution in [0.3, 0.4) is 0 Å². The van der Waals surface area contributed by atoms with Crippen molar-refractivity contribution in [1.29, 1.82) is 0 Å². The minimum Gasteiger partial charge on any atom is -0.352 e. The van der Waals surface area contributed by atoms with Crippen molar-refractivity contribution < 1.29 is 9.59 Å². The molecule has 0 bridgehead atoms. The van der Waals surface area contributed by atoms with Crippen LogP contribution in [0, 0.1) is 0 Å². The maximum Gasteiger partial charge on any atom is 0.240 e. The Morgan fingerprint density at radius 2 is 2.10 bits per heavy atom. The summed E-state index contributed by atoms with van der Waals surface area (Å²) >= 11 is 1.37. The first kappa shape index (κ1) is 14.1. The van der Waals surface area contributed by atoms with E-state index in [-0.39, 0.29) is 23.5 Å². The molecule has 1 aromatic rings. The molecule has 1 aromatic carbocycles. The topological polar surface area (TPSA) is 70.6 Å². The maximum absolute atomic E-state index is 11.9. The third kappa shape index (κ3) is 4.07. The van der Waals surface area contributed by atoms with Crippen LogP contribution in [-0.4, -0.2) is 28.3 Å². The van der Waals surface area contributed by atoms with Crippen LogP contribution in [0.2, 0.25) is 0 Å². The highest BCUT2D eigenvalue weighted by Gasteiger charge is 2.33. The van der Waals surface area contributed by atoms with Crippen LogP contribution in [0.1, 0.15) is 24.8 Å². The van der Waals surface area contributed by atoms with E-state index in [2.05, 4.69) is 15.6 Å². The average molecular weight is 303 g/mol. The number of amides is 2. The van der Waals surface area contributed by atoms with Crippen molar-refractivity contribution in [2.24, 2.45) is 4.99 Å². The van der Waals surface area contributed by atoms with Crippen molar-refractivity contribution in [3.05, 3.63) is 35.9 Å².